The van der Waals surface area contributed by atoms with Crippen LogP contribution in [-0.2, 0) is 21.2 Å². The number of carbonyl (C=O) groups excluding carboxylic acids is 1. The molecule has 27 heavy (non-hydrogen) atoms. The van der Waals surface area contributed by atoms with Crippen LogP contribution in [0.15, 0.2) is 53.4 Å². The Bertz CT molecular complexity index is 935. The molecule has 0 N–H and O–H groups in total. The molecule has 0 aliphatic carbocycles. The number of hydrogen-bond donors (Lipinski definition) is 0. The van der Waals surface area contributed by atoms with Crippen LogP contribution in [0.2, 0.25) is 0 Å². The van der Waals surface area contributed by atoms with Gasteiger partial charge in [0, 0.05) is 19.6 Å². The molecule has 0 bridgehead atoms. The topological polar surface area (TPSA) is 66.9 Å². The summed E-state index contributed by atoms with van der Waals surface area (Å²) in [7, 11) is -3.61. The average molecular weight is 386 g/mol. The predicted molar refractivity (Wildman–Crippen MR) is 102 cm³/mol. The van der Waals surface area contributed by atoms with Gasteiger partial charge in [0.15, 0.2) is 6.61 Å². The number of amides is 1. The fourth-order valence-corrected chi connectivity index (χ4v) is 5.10. The third kappa shape index (κ3) is 3.51. The Morgan fingerprint density at radius 1 is 0.963 bits per heavy atom. The molecule has 2 aliphatic heterocycles. The normalized spacial score (nSPS) is 16.4. The van der Waals surface area contributed by atoms with Gasteiger partial charge in [0.25, 0.3) is 15.9 Å². The highest BCUT2D eigenvalue weighted by atomic mass is 32.2. The number of sulfonamides is 1. The summed E-state index contributed by atoms with van der Waals surface area (Å²) in [6.07, 6.45) is 2.80. The maximum absolute atomic E-state index is 13.0. The molecule has 2 aromatic rings. The number of anilines is 1. The molecule has 1 amide bonds. The largest absolute Gasteiger partial charge is 0.484 e. The molecule has 1 fully saturated rings. The Labute approximate surface area is 159 Å². The van der Waals surface area contributed by atoms with Crippen molar-refractivity contribution in [2.75, 3.05) is 30.5 Å². The van der Waals surface area contributed by atoms with Crippen LogP contribution < -0.4 is 9.04 Å². The zero-order valence-electron chi connectivity index (χ0n) is 15.0. The lowest BCUT2D eigenvalue weighted by atomic mass is 10.2. The van der Waals surface area contributed by atoms with E-state index in [-0.39, 0.29) is 17.4 Å². The Hall–Kier alpha value is -2.54. The van der Waals surface area contributed by atoms with Crippen molar-refractivity contribution in [3.05, 3.63) is 54.1 Å². The number of carbonyl (C=O) groups is 1. The molecule has 0 spiro atoms. The summed E-state index contributed by atoms with van der Waals surface area (Å²) < 4.78 is 32.9. The zero-order valence-corrected chi connectivity index (χ0v) is 15.8. The molecule has 0 radical (unpaired) electrons. The van der Waals surface area contributed by atoms with Gasteiger partial charge in [-0.1, -0.05) is 18.2 Å². The highest BCUT2D eigenvalue weighted by Crippen LogP contribution is 2.33. The summed E-state index contributed by atoms with van der Waals surface area (Å²) in [5, 5.41) is 0. The summed E-state index contributed by atoms with van der Waals surface area (Å²) in [5.41, 5.74) is 1.79. The lowest BCUT2D eigenvalue weighted by molar-refractivity contribution is -0.132. The Morgan fingerprint density at radius 3 is 2.41 bits per heavy atom. The highest BCUT2D eigenvalue weighted by Gasteiger charge is 2.30. The van der Waals surface area contributed by atoms with Crippen molar-refractivity contribution < 1.29 is 17.9 Å². The van der Waals surface area contributed by atoms with Gasteiger partial charge in [0.05, 0.1) is 10.6 Å². The van der Waals surface area contributed by atoms with E-state index in [4.69, 9.17) is 4.74 Å². The molecule has 2 aliphatic rings. The molecule has 2 heterocycles. The monoisotopic (exact) mass is 386 g/mol. The van der Waals surface area contributed by atoms with Crippen molar-refractivity contribution in [2.45, 2.75) is 24.2 Å². The van der Waals surface area contributed by atoms with Crippen LogP contribution in [0.3, 0.4) is 0 Å². The van der Waals surface area contributed by atoms with E-state index in [9.17, 15) is 13.2 Å². The molecule has 2 aromatic carbocycles. The van der Waals surface area contributed by atoms with Crippen LogP contribution in [0.25, 0.3) is 0 Å². The van der Waals surface area contributed by atoms with Gasteiger partial charge >= 0.3 is 0 Å². The summed E-state index contributed by atoms with van der Waals surface area (Å²) in [5.74, 6) is 0.459. The summed E-state index contributed by atoms with van der Waals surface area (Å²) in [6, 6.07) is 13.8. The van der Waals surface area contributed by atoms with E-state index in [2.05, 4.69) is 0 Å². The van der Waals surface area contributed by atoms with E-state index in [1.54, 1.807) is 17.0 Å². The van der Waals surface area contributed by atoms with E-state index in [0.29, 0.717) is 12.3 Å². The van der Waals surface area contributed by atoms with Gasteiger partial charge in [0.1, 0.15) is 5.75 Å². The molecular weight excluding hydrogens is 364 g/mol. The second-order valence-corrected chi connectivity index (χ2v) is 8.67. The van der Waals surface area contributed by atoms with E-state index in [0.717, 1.165) is 43.6 Å². The second-order valence-electron chi connectivity index (χ2n) is 6.80. The number of benzene rings is 2. The smallest absolute Gasteiger partial charge is 0.264 e. The maximum atomic E-state index is 13.0. The quantitative estimate of drug-likeness (QED) is 0.792. The fraction of sp³-hybridized carbons (Fsp3) is 0.350. The van der Waals surface area contributed by atoms with E-state index >= 15 is 0 Å². The van der Waals surface area contributed by atoms with Crippen molar-refractivity contribution in [3.63, 3.8) is 0 Å². The van der Waals surface area contributed by atoms with E-state index < -0.39 is 10.0 Å². The SMILES string of the molecule is O=C(COc1ccc(S(=O)(=O)N2CCc3ccccc32)cc1)N1CCCC1. The minimum atomic E-state index is -3.61. The first-order valence-corrected chi connectivity index (χ1v) is 10.6. The van der Waals surface area contributed by atoms with E-state index in [1.807, 2.05) is 24.3 Å². The van der Waals surface area contributed by atoms with Crippen molar-refractivity contribution >= 4 is 21.6 Å². The Balaban J connectivity index is 1.45. The van der Waals surface area contributed by atoms with Gasteiger partial charge in [0.2, 0.25) is 0 Å². The summed E-state index contributed by atoms with van der Waals surface area (Å²) in [4.78, 5) is 14.0. The van der Waals surface area contributed by atoms with Gasteiger partial charge < -0.3 is 9.64 Å². The third-order valence-corrected chi connectivity index (χ3v) is 6.90. The number of fused-ring (bicyclic) bond motifs is 1. The third-order valence-electron chi connectivity index (χ3n) is 5.08. The molecule has 0 aromatic heterocycles. The average Bonchev–Trinajstić information content (AvgIpc) is 3.36. The first-order chi connectivity index (χ1) is 13.1. The highest BCUT2D eigenvalue weighted by molar-refractivity contribution is 7.92. The Kier molecular flexibility index (Phi) is 4.78. The van der Waals surface area contributed by atoms with Crippen LogP contribution in [0.5, 0.6) is 5.75 Å². The van der Waals surface area contributed by atoms with Crippen LogP contribution in [-0.4, -0.2) is 45.5 Å². The number of ether oxygens (including phenoxy) is 1. The second kappa shape index (κ2) is 7.23. The number of rotatable bonds is 5. The molecule has 0 unspecified atom stereocenters. The van der Waals surface area contributed by atoms with Gasteiger partial charge in [-0.25, -0.2) is 8.42 Å². The molecule has 0 atom stereocenters. The molecule has 142 valence electrons. The van der Waals surface area contributed by atoms with Gasteiger partial charge in [-0.3, -0.25) is 9.10 Å². The van der Waals surface area contributed by atoms with Crippen molar-refractivity contribution in [3.8, 4) is 5.75 Å². The minimum absolute atomic E-state index is 0.0222. The van der Waals surface area contributed by atoms with Crippen molar-refractivity contribution in [1.29, 1.82) is 0 Å². The number of nitrogens with zero attached hydrogens (tertiary/aromatic N) is 2. The molecule has 0 saturated carbocycles. The van der Waals surface area contributed by atoms with Crippen LogP contribution in [0.1, 0.15) is 18.4 Å². The van der Waals surface area contributed by atoms with E-state index in [1.165, 1.54) is 16.4 Å². The van der Waals surface area contributed by atoms with Gasteiger partial charge in [-0.2, -0.15) is 0 Å². The lowest BCUT2D eigenvalue weighted by Crippen LogP contribution is -2.32. The minimum Gasteiger partial charge on any atom is -0.484 e. The van der Waals surface area contributed by atoms with Crippen LogP contribution >= 0.6 is 0 Å². The van der Waals surface area contributed by atoms with Crippen molar-refractivity contribution in [2.24, 2.45) is 0 Å². The van der Waals surface area contributed by atoms with Crippen LogP contribution in [0, 0.1) is 0 Å². The number of hydrogen-bond acceptors (Lipinski definition) is 4. The lowest BCUT2D eigenvalue weighted by Gasteiger charge is -2.20. The predicted octanol–water partition coefficient (Wildman–Crippen LogP) is 2.44. The molecule has 7 heteroatoms. The van der Waals surface area contributed by atoms with Gasteiger partial charge in [-0.05, 0) is 55.2 Å². The first kappa shape index (κ1) is 17.9. The number of para-hydroxylation sites is 1. The zero-order chi connectivity index (χ0) is 18.9. The van der Waals surface area contributed by atoms with Crippen LogP contribution in [0.4, 0.5) is 5.69 Å². The molecular formula is C20H22N2O4S. The fourth-order valence-electron chi connectivity index (χ4n) is 3.60. The maximum Gasteiger partial charge on any atom is 0.264 e. The number of likely N-dealkylation sites (tertiary alicyclic amines) is 1. The van der Waals surface area contributed by atoms with Gasteiger partial charge in [-0.15, -0.1) is 0 Å². The van der Waals surface area contributed by atoms with Crippen molar-refractivity contribution in [1.82, 2.24) is 4.90 Å². The molecule has 1 saturated heterocycles. The summed E-state index contributed by atoms with van der Waals surface area (Å²) in [6.45, 7) is 2.00. The summed E-state index contributed by atoms with van der Waals surface area (Å²) >= 11 is 0. The standard InChI is InChI=1S/C20H22N2O4S/c23-20(21-12-3-4-13-21)15-26-17-7-9-18(10-8-17)27(24,25)22-14-11-16-5-1-2-6-19(16)22/h1-2,5-10H,3-4,11-15H2. The molecule has 4 rings (SSSR count). The Morgan fingerprint density at radius 2 is 1.67 bits per heavy atom. The molecule has 6 nitrogen and oxygen atoms in total. The first-order valence-electron chi connectivity index (χ1n) is 9.17.